The minimum absolute atomic E-state index is 0.132. The molecule has 0 aliphatic carbocycles. The molecule has 0 fully saturated rings. The average Bonchev–Trinajstić information content (AvgIpc) is 2.79. The van der Waals surface area contributed by atoms with Crippen molar-refractivity contribution in [3.63, 3.8) is 0 Å². The van der Waals surface area contributed by atoms with Crippen molar-refractivity contribution in [2.75, 3.05) is 5.32 Å². The summed E-state index contributed by atoms with van der Waals surface area (Å²) in [5.41, 5.74) is 1.79. The maximum atomic E-state index is 14.0. The second-order valence-corrected chi connectivity index (χ2v) is 5.16. The van der Waals surface area contributed by atoms with Gasteiger partial charge in [-0.15, -0.1) is 0 Å². The van der Waals surface area contributed by atoms with Crippen LogP contribution in [0.4, 0.5) is 14.5 Å². The van der Waals surface area contributed by atoms with E-state index in [2.05, 4.69) is 10.4 Å². The Hall–Kier alpha value is -1.62. The number of aromatic nitrogens is 2. The highest BCUT2D eigenvalue weighted by atomic mass is 35.5. The van der Waals surface area contributed by atoms with Crippen molar-refractivity contribution in [1.82, 2.24) is 9.78 Å². The van der Waals surface area contributed by atoms with E-state index in [-0.39, 0.29) is 12.2 Å². The smallest absolute Gasteiger partial charge is 0.152 e. The zero-order chi connectivity index (χ0) is 15.6. The first-order valence-electron chi connectivity index (χ1n) is 6.92. The van der Waals surface area contributed by atoms with E-state index in [1.54, 1.807) is 11.6 Å². The van der Waals surface area contributed by atoms with Crippen LogP contribution in [-0.4, -0.2) is 9.78 Å². The van der Waals surface area contributed by atoms with Crippen LogP contribution in [0.3, 0.4) is 0 Å². The third kappa shape index (κ3) is 3.02. The van der Waals surface area contributed by atoms with Crippen LogP contribution in [0.15, 0.2) is 12.1 Å². The predicted molar refractivity (Wildman–Crippen MR) is 80.7 cm³/mol. The number of anilines is 1. The summed E-state index contributed by atoms with van der Waals surface area (Å²) in [6.07, 6.45) is 0.714. The maximum absolute atomic E-state index is 14.0. The molecular formula is C15H18ClF2N3. The van der Waals surface area contributed by atoms with E-state index in [1.807, 2.05) is 13.8 Å². The lowest BCUT2D eigenvalue weighted by Crippen LogP contribution is -2.10. The first kappa shape index (κ1) is 15.8. The lowest BCUT2D eigenvalue weighted by Gasteiger charge is -2.11. The number of aryl methyl sites for hydroxylation is 3. The molecular weight excluding hydrogens is 296 g/mol. The fourth-order valence-corrected chi connectivity index (χ4v) is 2.51. The third-order valence-electron chi connectivity index (χ3n) is 3.41. The van der Waals surface area contributed by atoms with Crippen molar-refractivity contribution in [2.45, 2.75) is 40.3 Å². The van der Waals surface area contributed by atoms with Gasteiger partial charge in [-0.25, -0.2) is 8.78 Å². The van der Waals surface area contributed by atoms with Gasteiger partial charge in [0.1, 0.15) is 11.5 Å². The average molecular weight is 314 g/mol. The summed E-state index contributed by atoms with van der Waals surface area (Å²) in [5, 5.41) is 7.73. The summed E-state index contributed by atoms with van der Waals surface area (Å²) < 4.78 is 29.4. The lowest BCUT2D eigenvalue weighted by atomic mass is 10.2. The Morgan fingerprint density at radius 1 is 1.29 bits per heavy atom. The minimum atomic E-state index is -0.618. The molecule has 0 radical (unpaired) electrons. The Labute approximate surface area is 127 Å². The van der Waals surface area contributed by atoms with Gasteiger partial charge < -0.3 is 5.32 Å². The van der Waals surface area contributed by atoms with Gasteiger partial charge in [-0.1, -0.05) is 24.6 Å². The van der Waals surface area contributed by atoms with Crippen LogP contribution in [0, 0.1) is 18.6 Å². The van der Waals surface area contributed by atoms with Gasteiger partial charge in [0.2, 0.25) is 0 Å². The van der Waals surface area contributed by atoms with Gasteiger partial charge >= 0.3 is 0 Å². The maximum Gasteiger partial charge on any atom is 0.152 e. The molecule has 21 heavy (non-hydrogen) atoms. The molecule has 6 heteroatoms. The molecule has 0 aliphatic heterocycles. The van der Waals surface area contributed by atoms with E-state index >= 15 is 0 Å². The first-order chi connectivity index (χ1) is 9.99. The number of hydrogen-bond acceptors (Lipinski definition) is 2. The van der Waals surface area contributed by atoms with E-state index < -0.39 is 11.6 Å². The molecule has 1 N–H and O–H groups in total. The van der Waals surface area contributed by atoms with Gasteiger partial charge in [-0.2, -0.15) is 5.10 Å². The molecule has 0 bridgehead atoms. The molecule has 1 heterocycles. The molecule has 0 aliphatic rings. The molecule has 1 aromatic carbocycles. The van der Waals surface area contributed by atoms with Crippen molar-refractivity contribution in [1.29, 1.82) is 0 Å². The second kappa shape index (κ2) is 6.43. The Morgan fingerprint density at radius 2 is 2.00 bits per heavy atom. The van der Waals surface area contributed by atoms with Crippen LogP contribution in [0.2, 0.25) is 5.02 Å². The van der Waals surface area contributed by atoms with Gasteiger partial charge in [0.05, 0.1) is 23.0 Å². The Bertz CT molecular complexity index is 653. The van der Waals surface area contributed by atoms with Gasteiger partial charge in [-0.3, -0.25) is 4.68 Å². The summed E-state index contributed by atoms with van der Waals surface area (Å²) in [4.78, 5) is 0. The van der Waals surface area contributed by atoms with Crippen LogP contribution >= 0.6 is 11.6 Å². The molecule has 3 nitrogen and oxygen atoms in total. The molecule has 0 saturated heterocycles. The summed E-state index contributed by atoms with van der Waals surface area (Å²) >= 11 is 6.27. The van der Waals surface area contributed by atoms with E-state index in [1.165, 1.54) is 12.1 Å². The zero-order valence-corrected chi connectivity index (χ0v) is 13.1. The van der Waals surface area contributed by atoms with E-state index in [9.17, 15) is 8.78 Å². The molecule has 0 unspecified atom stereocenters. The summed E-state index contributed by atoms with van der Waals surface area (Å²) in [7, 11) is 0. The Kier molecular flexibility index (Phi) is 4.83. The first-order valence-corrected chi connectivity index (χ1v) is 7.29. The molecule has 2 rings (SSSR count). The predicted octanol–water partition coefficient (Wildman–Crippen LogP) is 4.32. The summed E-state index contributed by atoms with van der Waals surface area (Å²) in [6.45, 7) is 6.37. The number of nitrogens with one attached hydrogen (secondary N) is 1. The number of benzene rings is 1. The fraction of sp³-hybridized carbons (Fsp3) is 0.400. The van der Waals surface area contributed by atoms with Gasteiger partial charge in [0, 0.05) is 6.54 Å². The molecule has 0 atom stereocenters. The third-order valence-corrected chi connectivity index (χ3v) is 3.85. The molecule has 2 aromatic rings. The van der Waals surface area contributed by atoms with E-state index in [0.717, 1.165) is 11.4 Å². The van der Waals surface area contributed by atoms with Gasteiger partial charge in [-0.05, 0) is 31.9 Å². The molecule has 0 saturated carbocycles. The zero-order valence-electron chi connectivity index (χ0n) is 12.3. The SMILES string of the molecule is CCc1nn(CC)c(CNc2c(F)ccc(C)c2F)c1Cl. The molecule has 1 aromatic heterocycles. The van der Waals surface area contributed by atoms with Crippen molar-refractivity contribution in [2.24, 2.45) is 0 Å². The Morgan fingerprint density at radius 3 is 2.62 bits per heavy atom. The monoisotopic (exact) mass is 313 g/mol. The largest absolute Gasteiger partial charge is 0.375 e. The second-order valence-electron chi connectivity index (χ2n) is 4.78. The van der Waals surface area contributed by atoms with E-state index in [4.69, 9.17) is 11.6 Å². The number of halogens is 3. The normalized spacial score (nSPS) is 11.0. The van der Waals surface area contributed by atoms with E-state index in [0.29, 0.717) is 23.6 Å². The Balaban J connectivity index is 2.29. The highest BCUT2D eigenvalue weighted by molar-refractivity contribution is 6.31. The summed E-state index contributed by atoms with van der Waals surface area (Å²) in [6, 6.07) is 2.66. The topological polar surface area (TPSA) is 29.9 Å². The minimum Gasteiger partial charge on any atom is -0.375 e. The van der Waals surface area contributed by atoms with Crippen molar-refractivity contribution < 1.29 is 8.78 Å². The fourth-order valence-electron chi connectivity index (χ4n) is 2.18. The lowest BCUT2D eigenvalue weighted by molar-refractivity contribution is 0.579. The highest BCUT2D eigenvalue weighted by Crippen LogP contribution is 2.25. The van der Waals surface area contributed by atoms with Crippen LogP contribution < -0.4 is 5.32 Å². The number of rotatable bonds is 5. The van der Waals surface area contributed by atoms with Gasteiger partial charge in [0.25, 0.3) is 0 Å². The molecule has 114 valence electrons. The highest BCUT2D eigenvalue weighted by Gasteiger charge is 2.16. The van der Waals surface area contributed by atoms with Crippen molar-refractivity contribution in [3.8, 4) is 0 Å². The molecule has 0 spiro atoms. The number of nitrogens with zero attached hydrogens (tertiary/aromatic N) is 2. The van der Waals surface area contributed by atoms with Crippen LogP contribution in [0.1, 0.15) is 30.8 Å². The van der Waals surface area contributed by atoms with Crippen LogP contribution in [0.25, 0.3) is 0 Å². The van der Waals surface area contributed by atoms with Gasteiger partial charge in [0.15, 0.2) is 5.82 Å². The van der Waals surface area contributed by atoms with Crippen molar-refractivity contribution >= 4 is 17.3 Å². The molecule has 0 amide bonds. The van der Waals surface area contributed by atoms with Crippen molar-refractivity contribution in [3.05, 3.63) is 45.7 Å². The van der Waals surface area contributed by atoms with Crippen LogP contribution in [-0.2, 0) is 19.5 Å². The summed E-state index contributed by atoms with van der Waals surface area (Å²) in [5.74, 6) is -1.20. The number of hydrogen-bond donors (Lipinski definition) is 1. The standard InChI is InChI=1S/C15H18ClF2N3/c1-4-11-13(16)12(21(5-2)20-11)8-19-15-10(17)7-6-9(3)14(15)18/h6-7,19H,4-5,8H2,1-3H3. The van der Waals surface area contributed by atoms with Crippen LogP contribution in [0.5, 0.6) is 0 Å². The quantitative estimate of drug-likeness (QED) is 0.891.